The minimum atomic E-state index is -0.0487. The number of nitrogens with one attached hydrogen (secondary N) is 2. The first-order valence-corrected chi connectivity index (χ1v) is 10.5. The van der Waals surface area contributed by atoms with Gasteiger partial charge in [-0.05, 0) is 64.2 Å². The summed E-state index contributed by atoms with van der Waals surface area (Å²) in [6, 6.07) is 1.57. The standard InChI is InChI=1S/C18H24N4O2.C5H12O/c1-18(7-12-3-2-4-13(5-12)8-18)9-17(24)22-16-6-15(21-11-23)14(19)10-20-16;1-5(2,3)6-4/h3,6,10-11,13H,2,4-5,7-9,19H2,1H3,(H2,20,21,22,23,24);1-4H3. The highest BCUT2D eigenvalue weighted by atomic mass is 16.5. The Balaban J connectivity index is 0.000000469. The minimum Gasteiger partial charge on any atom is -0.396 e. The van der Waals surface area contributed by atoms with E-state index in [1.54, 1.807) is 13.2 Å². The summed E-state index contributed by atoms with van der Waals surface area (Å²) in [6.45, 7) is 8.26. The number of nitrogen functional groups attached to an aromatic ring is 1. The highest BCUT2D eigenvalue weighted by Gasteiger charge is 2.37. The number of nitrogens with two attached hydrogens (primary N) is 1. The molecule has 0 spiro atoms. The van der Waals surface area contributed by atoms with Crippen molar-refractivity contribution < 1.29 is 14.3 Å². The van der Waals surface area contributed by atoms with Crippen molar-refractivity contribution in [2.24, 2.45) is 11.3 Å². The summed E-state index contributed by atoms with van der Waals surface area (Å²) >= 11 is 0. The highest BCUT2D eigenvalue weighted by Crippen LogP contribution is 2.48. The van der Waals surface area contributed by atoms with Crippen molar-refractivity contribution in [1.29, 1.82) is 0 Å². The van der Waals surface area contributed by atoms with Crippen LogP contribution >= 0.6 is 0 Å². The zero-order valence-corrected chi connectivity index (χ0v) is 18.9. The van der Waals surface area contributed by atoms with E-state index >= 15 is 0 Å². The van der Waals surface area contributed by atoms with Crippen LogP contribution in [-0.4, -0.2) is 30.0 Å². The van der Waals surface area contributed by atoms with Crippen LogP contribution in [0.1, 0.15) is 66.2 Å². The Kier molecular flexibility index (Phi) is 8.01. The number of pyridine rings is 1. The van der Waals surface area contributed by atoms with Gasteiger partial charge in [-0.2, -0.15) is 0 Å². The Labute approximate surface area is 179 Å². The van der Waals surface area contributed by atoms with Gasteiger partial charge in [0.1, 0.15) is 5.82 Å². The zero-order valence-electron chi connectivity index (χ0n) is 18.9. The van der Waals surface area contributed by atoms with Crippen LogP contribution in [-0.2, 0) is 14.3 Å². The second kappa shape index (κ2) is 10.1. The van der Waals surface area contributed by atoms with Crippen LogP contribution in [0, 0.1) is 11.3 Å². The van der Waals surface area contributed by atoms with Gasteiger partial charge >= 0.3 is 0 Å². The average molecular weight is 417 g/mol. The quantitative estimate of drug-likeness (QED) is 0.483. The number of aromatic nitrogens is 1. The molecule has 4 N–H and O–H groups in total. The van der Waals surface area contributed by atoms with E-state index in [1.165, 1.54) is 31.0 Å². The predicted molar refractivity (Wildman–Crippen MR) is 121 cm³/mol. The van der Waals surface area contributed by atoms with Crippen LogP contribution < -0.4 is 16.4 Å². The van der Waals surface area contributed by atoms with Crippen molar-refractivity contribution in [3.05, 3.63) is 23.9 Å². The number of anilines is 3. The number of allylic oxidation sites excluding steroid dienone is 2. The van der Waals surface area contributed by atoms with Gasteiger partial charge in [-0.15, -0.1) is 0 Å². The molecule has 2 bridgehead atoms. The Bertz CT molecular complexity index is 785. The van der Waals surface area contributed by atoms with E-state index in [1.807, 2.05) is 20.8 Å². The lowest BCUT2D eigenvalue weighted by Crippen LogP contribution is -2.32. The van der Waals surface area contributed by atoms with Gasteiger partial charge < -0.3 is 21.1 Å². The maximum absolute atomic E-state index is 12.5. The van der Waals surface area contributed by atoms with Crippen molar-refractivity contribution in [3.63, 3.8) is 0 Å². The molecule has 3 rings (SSSR count). The number of hydrogen-bond acceptors (Lipinski definition) is 5. The van der Waals surface area contributed by atoms with E-state index in [0.717, 1.165) is 18.8 Å². The number of methoxy groups -OCH3 is 1. The number of carbonyl (C=O) groups excluding carboxylic acids is 2. The van der Waals surface area contributed by atoms with Gasteiger partial charge in [0.15, 0.2) is 0 Å². The van der Waals surface area contributed by atoms with Crippen LogP contribution in [0.15, 0.2) is 23.9 Å². The fourth-order valence-corrected chi connectivity index (χ4v) is 4.15. The van der Waals surface area contributed by atoms with Crippen molar-refractivity contribution in [1.82, 2.24) is 4.98 Å². The molecule has 166 valence electrons. The van der Waals surface area contributed by atoms with Gasteiger partial charge in [-0.1, -0.05) is 18.6 Å². The Hall–Kier alpha value is -2.41. The molecule has 30 heavy (non-hydrogen) atoms. The van der Waals surface area contributed by atoms with Crippen LogP contribution in [0.3, 0.4) is 0 Å². The van der Waals surface area contributed by atoms with Crippen molar-refractivity contribution >= 4 is 29.5 Å². The minimum absolute atomic E-state index is 0.0109. The largest absolute Gasteiger partial charge is 0.396 e. The first kappa shape index (κ1) is 23.9. The Morgan fingerprint density at radius 1 is 1.43 bits per heavy atom. The van der Waals surface area contributed by atoms with Gasteiger partial charge in [-0.3, -0.25) is 9.59 Å². The van der Waals surface area contributed by atoms with Crippen molar-refractivity contribution in [3.8, 4) is 0 Å². The van der Waals surface area contributed by atoms with Gasteiger partial charge in [-0.25, -0.2) is 4.98 Å². The van der Waals surface area contributed by atoms with Crippen molar-refractivity contribution in [2.75, 3.05) is 23.5 Å². The van der Waals surface area contributed by atoms with E-state index in [2.05, 4.69) is 28.6 Å². The summed E-state index contributed by atoms with van der Waals surface area (Å²) in [6.07, 6.45) is 10.5. The summed E-state index contributed by atoms with van der Waals surface area (Å²) in [5.41, 5.74) is 8.09. The van der Waals surface area contributed by atoms with E-state index < -0.39 is 0 Å². The van der Waals surface area contributed by atoms with Crippen LogP contribution in [0.4, 0.5) is 17.2 Å². The molecule has 7 nitrogen and oxygen atoms in total. The molecule has 2 atom stereocenters. The summed E-state index contributed by atoms with van der Waals surface area (Å²) in [4.78, 5) is 27.2. The molecule has 2 unspecified atom stereocenters. The molecule has 2 aliphatic rings. The molecule has 1 aromatic heterocycles. The van der Waals surface area contributed by atoms with Gasteiger partial charge in [0, 0.05) is 19.6 Å². The summed E-state index contributed by atoms with van der Waals surface area (Å²) in [5.74, 6) is 1.07. The molecule has 0 aromatic carbocycles. The molecule has 1 heterocycles. The first-order valence-electron chi connectivity index (χ1n) is 10.5. The molecular weight excluding hydrogens is 380 g/mol. The Morgan fingerprint density at radius 2 is 2.13 bits per heavy atom. The second-order valence-electron chi connectivity index (χ2n) is 9.66. The number of ether oxygens (including phenoxy) is 1. The lowest BCUT2D eigenvalue weighted by Gasteiger charge is -2.41. The highest BCUT2D eigenvalue weighted by molar-refractivity contribution is 5.92. The topological polar surface area (TPSA) is 106 Å². The van der Waals surface area contributed by atoms with Crippen LogP contribution in [0.2, 0.25) is 0 Å². The summed E-state index contributed by atoms with van der Waals surface area (Å²) in [7, 11) is 1.71. The van der Waals surface area contributed by atoms with Gasteiger partial charge in [0.25, 0.3) is 0 Å². The molecule has 0 aliphatic heterocycles. The molecule has 1 saturated carbocycles. The zero-order chi connectivity index (χ0) is 22.4. The van der Waals surface area contributed by atoms with E-state index in [4.69, 9.17) is 10.5 Å². The number of fused-ring (bicyclic) bond motifs is 2. The molecule has 2 amide bonds. The van der Waals surface area contributed by atoms with Crippen LogP contribution in [0.25, 0.3) is 0 Å². The van der Waals surface area contributed by atoms with Crippen LogP contribution in [0.5, 0.6) is 0 Å². The van der Waals surface area contributed by atoms with Gasteiger partial charge in [0.05, 0.1) is 23.2 Å². The fourth-order valence-electron chi connectivity index (χ4n) is 4.15. The van der Waals surface area contributed by atoms with Gasteiger partial charge in [0.2, 0.25) is 12.3 Å². The number of rotatable bonds is 5. The third kappa shape index (κ3) is 7.44. The third-order valence-electron chi connectivity index (χ3n) is 5.61. The molecular formula is C23H36N4O3. The normalized spacial score (nSPS) is 22.8. The first-order chi connectivity index (χ1) is 14.0. The maximum atomic E-state index is 12.5. The molecule has 0 saturated heterocycles. The van der Waals surface area contributed by atoms with E-state index in [-0.39, 0.29) is 16.9 Å². The monoisotopic (exact) mass is 416 g/mol. The number of nitrogens with zero attached hydrogens (tertiary/aromatic N) is 1. The SMILES string of the molecule is CC1(CC(=O)Nc2cc(NC=O)c(N)cn2)CC2=CCCC(C2)C1.COC(C)(C)C. The number of amides is 2. The fraction of sp³-hybridized carbons (Fsp3) is 0.609. The van der Waals surface area contributed by atoms with E-state index in [0.29, 0.717) is 30.0 Å². The molecule has 0 radical (unpaired) electrons. The molecule has 1 fully saturated rings. The molecule has 7 heteroatoms. The average Bonchev–Trinajstić information content (AvgIpc) is 2.63. The molecule has 1 aromatic rings. The smallest absolute Gasteiger partial charge is 0.226 e. The second-order valence-corrected chi connectivity index (χ2v) is 9.66. The lowest BCUT2D eigenvalue weighted by molar-refractivity contribution is -0.118. The maximum Gasteiger partial charge on any atom is 0.226 e. The molecule has 2 aliphatic carbocycles. The van der Waals surface area contributed by atoms with E-state index in [9.17, 15) is 9.59 Å². The Morgan fingerprint density at radius 3 is 2.73 bits per heavy atom. The predicted octanol–water partition coefficient (Wildman–Crippen LogP) is 4.52. The third-order valence-corrected chi connectivity index (χ3v) is 5.61. The summed E-state index contributed by atoms with van der Waals surface area (Å²) < 4.78 is 4.94. The summed E-state index contributed by atoms with van der Waals surface area (Å²) in [5, 5.41) is 5.33. The van der Waals surface area contributed by atoms with Crippen molar-refractivity contribution in [2.45, 2.75) is 71.8 Å². The number of carbonyl (C=O) groups is 2. The number of hydrogen-bond donors (Lipinski definition) is 3. The lowest BCUT2D eigenvalue weighted by atomic mass is 9.64.